The van der Waals surface area contributed by atoms with Crippen LogP contribution in [0.3, 0.4) is 0 Å². The lowest BCUT2D eigenvalue weighted by atomic mass is 10.1. The molecule has 0 fully saturated rings. The molecule has 0 radical (unpaired) electrons. The first-order valence-corrected chi connectivity index (χ1v) is 4.73. The van der Waals surface area contributed by atoms with Gasteiger partial charge >= 0.3 is 0 Å². The number of para-hydroxylation sites is 1. The third kappa shape index (κ3) is 1.27. The zero-order valence-electron chi connectivity index (χ0n) is 6.92. The van der Waals surface area contributed by atoms with Crippen LogP contribution in [0.2, 0.25) is 0 Å². The van der Waals surface area contributed by atoms with Crippen molar-refractivity contribution in [1.82, 2.24) is 0 Å². The fourth-order valence-electron chi connectivity index (χ4n) is 1.51. The number of allylic oxidation sites excluding steroid dienone is 1. The molecule has 2 rings (SSSR count). The summed E-state index contributed by atoms with van der Waals surface area (Å²) in [6, 6.07) is 8.46. The second-order valence-electron chi connectivity index (χ2n) is 2.99. The molecule has 62 valence electrons. The highest BCUT2D eigenvalue weighted by Gasteiger charge is 2.11. The molecule has 0 spiro atoms. The first-order chi connectivity index (χ1) is 5.77. The average Bonchev–Trinajstić information content (AvgIpc) is 2.04. The van der Waals surface area contributed by atoms with E-state index >= 15 is 0 Å². The summed E-state index contributed by atoms with van der Waals surface area (Å²) in [5.41, 5.74) is 2.69. The van der Waals surface area contributed by atoms with E-state index in [1.807, 2.05) is 0 Å². The molecule has 0 bridgehead atoms. The quantitative estimate of drug-likeness (QED) is 0.654. The number of hydrogen-bond donors (Lipinski definition) is 0. The Hall–Kier alpha value is -0.760. The van der Waals surface area contributed by atoms with Crippen LogP contribution in [0, 0.1) is 0 Å². The fourth-order valence-corrected chi connectivity index (χ4v) is 2.12. The standard InChI is InChI=1S/C10H10BrN/c1-12-7-9(11)6-8-4-2-3-5-10(8)12/h2-5,7H,6H2,1H3. The van der Waals surface area contributed by atoms with Gasteiger partial charge in [-0.25, -0.2) is 0 Å². The first kappa shape index (κ1) is 7.87. The molecule has 0 amide bonds. The lowest BCUT2D eigenvalue weighted by Crippen LogP contribution is -2.15. The Bertz CT molecular complexity index is 330. The first-order valence-electron chi connectivity index (χ1n) is 3.94. The molecule has 0 saturated carbocycles. The van der Waals surface area contributed by atoms with Gasteiger partial charge in [-0.3, -0.25) is 0 Å². The van der Waals surface area contributed by atoms with Crippen LogP contribution in [0.4, 0.5) is 5.69 Å². The van der Waals surface area contributed by atoms with Crippen molar-refractivity contribution in [2.75, 3.05) is 11.9 Å². The number of fused-ring (bicyclic) bond motifs is 1. The SMILES string of the molecule is CN1C=C(Br)Cc2ccccc21. The molecule has 0 atom stereocenters. The normalized spacial score (nSPS) is 15.5. The van der Waals surface area contributed by atoms with Gasteiger partial charge in [0, 0.05) is 29.8 Å². The molecule has 0 N–H and O–H groups in total. The number of halogens is 1. The summed E-state index contributed by atoms with van der Waals surface area (Å²) >= 11 is 3.52. The minimum absolute atomic E-state index is 1.01. The van der Waals surface area contributed by atoms with Crippen LogP contribution < -0.4 is 4.90 Å². The van der Waals surface area contributed by atoms with Crippen LogP contribution in [0.1, 0.15) is 5.56 Å². The maximum Gasteiger partial charge on any atom is 0.0439 e. The van der Waals surface area contributed by atoms with Crippen molar-refractivity contribution in [1.29, 1.82) is 0 Å². The van der Waals surface area contributed by atoms with Gasteiger partial charge in [0.15, 0.2) is 0 Å². The molecule has 1 aromatic rings. The van der Waals surface area contributed by atoms with Gasteiger partial charge in [-0.2, -0.15) is 0 Å². The van der Waals surface area contributed by atoms with Gasteiger partial charge in [0.2, 0.25) is 0 Å². The summed E-state index contributed by atoms with van der Waals surface area (Å²) in [6.45, 7) is 0. The van der Waals surface area contributed by atoms with E-state index in [0.29, 0.717) is 0 Å². The van der Waals surface area contributed by atoms with Crippen LogP contribution >= 0.6 is 15.9 Å². The van der Waals surface area contributed by atoms with E-state index in [9.17, 15) is 0 Å². The Kier molecular flexibility index (Phi) is 1.93. The molecule has 1 aromatic carbocycles. The maximum absolute atomic E-state index is 3.52. The number of anilines is 1. The van der Waals surface area contributed by atoms with Gasteiger partial charge in [0.05, 0.1) is 0 Å². The fraction of sp³-hybridized carbons (Fsp3) is 0.200. The van der Waals surface area contributed by atoms with E-state index in [0.717, 1.165) is 6.42 Å². The monoisotopic (exact) mass is 223 g/mol. The van der Waals surface area contributed by atoms with E-state index in [4.69, 9.17) is 0 Å². The number of rotatable bonds is 0. The topological polar surface area (TPSA) is 3.24 Å². The zero-order chi connectivity index (χ0) is 8.55. The Morgan fingerprint density at radius 2 is 2.08 bits per heavy atom. The number of nitrogens with zero attached hydrogens (tertiary/aromatic N) is 1. The lowest BCUT2D eigenvalue weighted by Gasteiger charge is -2.23. The Labute approximate surface area is 80.8 Å². The molecule has 1 heterocycles. The Morgan fingerprint density at radius 3 is 2.92 bits per heavy atom. The molecular weight excluding hydrogens is 214 g/mol. The van der Waals surface area contributed by atoms with Crippen molar-refractivity contribution < 1.29 is 0 Å². The molecule has 2 heteroatoms. The summed E-state index contributed by atoms with van der Waals surface area (Å²) < 4.78 is 1.24. The van der Waals surface area contributed by atoms with Crippen molar-refractivity contribution in [2.45, 2.75) is 6.42 Å². The van der Waals surface area contributed by atoms with Crippen LogP contribution in [0.25, 0.3) is 0 Å². The van der Waals surface area contributed by atoms with Crippen molar-refractivity contribution >= 4 is 21.6 Å². The highest BCUT2D eigenvalue weighted by molar-refractivity contribution is 9.11. The third-order valence-corrected chi connectivity index (χ3v) is 2.55. The molecule has 12 heavy (non-hydrogen) atoms. The molecule has 0 aromatic heterocycles. The van der Waals surface area contributed by atoms with E-state index < -0.39 is 0 Å². The van der Waals surface area contributed by atoms with E-state index in [2.05, 4.69) is 58.3 Å². The average molecular weight is 224 g/mol. The van der Waals surface area contributed by atoms with Gasteiger partial charge in [0.1, 0.15) is 0 Å². The minimum Gasteiger partial charge on any atom is -0.350 e. The number of hydrogen-bond acceptors (Lipinski definition) is 1. The summed E-state index contributed by atoms with van der Waals surface area (Å²) in [7, 11) is 2.07. The van der Waals surface area contributed by atoms with Crippen molar-refractivity contribution in [2.24, 2.45) is 0 Å². The van der Waals surface area contributed by atoms with Gasteiger partial charge in [-0.1, -0.05) is 34.1 Å². The Morgan fingerprint density at radius 1 is 1.33 bits per heavy atom. The molecule has 1 nitrogen and oxygen atoms in total. The largest absolute Gasteiger partial charge is 0.350 e. The lowest BCUT2D eigenvalue weighted by molar-refractivity contribution is 1.08. The van der Waals surface area contributed by atoms with Crippen molar-refractivity contribution in [3.05, 3.63) is 40.5 Å². The van der Waals surface area contributed by atoms with E-state index in [-0.39, 0.29) is 0 Å². The van der Waals surface area contributed by atoms with Crippen LogP contribution in [-0.4, -0.2) is 7.05 Å². The summed E-state index contributed by atoms with van der Waals surface area (Å²) in [5.74, 6) is 0. The highest BCUT2D eigenvalue weighted by atomic mass is 79.9. The van der Waals surface area contributed by atoms with E-state index in [1.165, 1.54) is 15.7 Å². The molecule has 0 unspecified atom stereocenters. The molecule has 1 aliphatic rings. The second-order valence-corrected chi connectivity index (χ2v) is 4.01. The third-order valence-electron chi connectivity index (χ3n) is 2.06. The van der Waals surface area contributed by atoms with Crippen LogP contribution in [-0.2, 0) is 6.42 Å². The van der Waals surface area contributed by atoms with Gasteiger partial charge in [0.25, 0.3) is 0 Å². The molecule has 1 aliphatic heterocycles. The van der Waals surface area contributed by atoms with Crippen LogP contribution in [0.5, 0.6) is 0 Å². The molecule has 0 aliphatic carbocycles. The number of benzene rings is 1. The van der Waals surface area contributed by atoms with Gasteiger partial charge in [-0.15, -0.1) is 0 Å². The molecule has 0 saturated heterocycles. The zero-order valence-corrected chi connectivity index (χ0v) is 8.51. The summed E-state index contributed by atoms with van der Waals surface area (Å²) in [6.07, 6.45) is 3.13. The highest BCUT2D eigenvalue weighted by Crippen LogP contribution is 2.29. The van der Waals surface area contributed by atoms with E-state index in [1.54, 1.807) is 0 Å². The van der Waals surface area contributed by atoms with Crippen molar-refractivity contribution in [3.63, 3.8) is 0 Å². The predicted octanol–water partition coefficient (Wildman–Crippen LogP) is 2.92. The van der Waals surface area contributed by atoms with Gasteiger partial charge in [-0.05, 0) is 11.6 Å². The smallest absolute Gasteiger partial charge is 0.0439 e. The summed E-state index contributed by atoms with van der Waals surface area (Å²) in [5, 5.41) is 0. The predicted molar refractivity (Wildman–Crippen MR) is 55.6 cm³/mol. The molecular formula is C10H10BrN. The van der Waals surface area contributed by atoms with Crippen molar-refractivity contribution in [3.8, 4) is 0 Å². The second kappa shape index (κ2) is 2.94. The Balaban J connectivity index is 2.48. The maximum atomic E-state index is 3.52. The van der Waals surface area contributed by atoms with Gasteiger partial charge < -0.3 is 4.90 Å². The van der Waals surface area contributed by atoms with Crippen LogP contribution in [0.15, 0.2) is 34.9 Å². The minimum atomic E-state index is 1.01. The summed E-state index contributed by atoms with van der Waals surface area (Å²) in [4.78, 5) is 2.14.